The summed E-state index contributed by atoms with van der Waals surface area (Å²) in [7, 11) is -3.87. The summed E-state index contributed by atoms with van der Waals surface area (Å²) in [4.78, 5) is 12.1. The smallest absolute Gasteiger partial charge is 0.262 e. The Morgan fingerprint density at radius 1 is 0.935 bits per heavy atom. The van der Waals surface area contributed by atoms with Crippen molar-refractivity contribution < 1.29 is 17.9 Å². The summed E-state index contributed by atoms with van der Waals surface area (Å²) < 4.78 is 33.0. The number of benzene rings is 3. The van der Waals surface area contributed by atoms with Crippen molar-refractivity contribution in [2.45, 2.75) is 11.8 Å². The molecule has 0 fully saturated rings. The molecule has 0 aliphatic carbocycles. The van der Waals surface area contributed by atoms with Crippen molar-refractivity contribution in [2.75, 3.05) is 16.6 Å². The Kier molecular flexibility index (Phi) is 7.33. The predicted octanol–water partition coefficient (Wildman–Crippen LogP) is 5.77. The van der Waals surface area contributed by atoms with Gasteiger partial charge in [-0.25, -0.2) is 8.42 Å². The minimum absolute atomic E-state index is 0.0470. The molecule has 0 unspecified atom stereocenters. The van der Waals surface area contributed by atoms with E-state index in [1.54, 1.807) is 42.5 Å². The molecule has 2 N–H and O–H groups in total. The fourth-order valence-electron chi connectivity index (χ4n) is 2.56. The topological polar surface area (TPSA) is 84.5 Å². The van der Waals surface area contributed by atoms with Gasteiger partial charge in [0.25, 0.3) is 15.9 Å². The van der Waals surface area contributed by atoms with Crippen LogP contribution in [0.25, 0.3) is 0 Å². The number of carbonyl (C=O) groups is 1. The average Bonchev–Trinajstić information content (AvgIpc) is 2.71. The zero-order chi connectivity index (χ0) is 22.6. The number of hydrogen-bond donors (Lipinski definition) is 2. The fourth-order valence-corrected chi connectivity index (χ4v) is 4.24. The first kappa shape index (κ1) is 23.2. The lowest BCUT2D eigenvalue weighted by atomic mass is 10.2. The molecule has 0 spiro atoms. The standard InChI is InChI=1S/C21H17Cl3N2O4S/c1-13-2-3-15(23)10-19(13)25-21(27)12-30-20-9-8-17(11-18(20)24)31(28,29)26-16-6-4-14(22)5-7-16/h2-11,26H,12H2,1H3,(H,25,27). The first-order valence-corrected chi connectivity index (χ1v) is 11.5. The zero-order valence-corrected chi connectivity index (χ0v) is 19.2. The number of amides is 1. The van der Waals surface area contributed by atoms with Crippen LogP contribution in [-0.2, 0) is 14.8 Å². The third kappa shape index (κ3) is 6.27. The highest BCUT2D eigenvalue weighted by atomic mass is 35.5. The molecule has 0 saturated heterocycles. The van der Waals surface area contributed by atoms with Crippen LogP contribution in [0.1, 0.15) is 5.56 Å². The first-order valence-electron chi connectivity index (χ1n) is 8.91. The van der Waals surface area contributed by atoms with Crippen molar-refractivity contribution in [3.63, 3.8) is 0 Å². The van der Waals surface area contributed by atoms with Crippen molar-refractivity contribution >= 4 is 62.1 Å². The molecular weight excluding hydrogens is 483 g/mol. The highest BCUT2D eigenvalue weighted by Gasteiger charge is 2.17. The Hall–Kier alpha value is -2.45. The van der Waals surface area contributed by atoms with Crippen molar-refractivity contribution in [2.24, 2.45) is 0 Å². The van der Waals surface area contributed by atoms with E-state index >= 15 is 0 Å². The lowest BCUT2D eigenvalue weighted by Gasteiger charge is -2.12. The van der Waals surface area contributed by atoms with Crippen LogP contribution in [-0.4, -0.2) is 20.9 Å². The third-order valence-corrected chi connectivity index (χ3v) is 6.30. The van der Waals surface area contributed by atoms with Crippen LogP contribution in [0.2, 0.25) is 15.1 Å². The molecule has 0 aliphatic rings. The van der Waals surface area contributed by atoms with Gasteiger partial charge < -0.3 is 10.1 Å². The Labute approximate surface area is 195 Å². The molecule has 31 heavy (non-hydrogen) atoms. The number of anilines is 2. The molecule has 0 atom stereocenters. The van der Waals surface area contributed by atoms with Crippen molar-refractivity contribution in [3.05, 3.63) is 81.3 Å². The van der Waals surface area contributed by atoms with Crippen LogP contribution in [0, 0.1) is 6.92 Å². The number of rotatable bonds is 7. The second kappa shape index (κ2) is 9.78. The van der Waals surface area contributed by atoms with Crippen LogP contribution in [0.5, 0.6) is 5.75 Å². The highest BCUT2D eigenvalue weighted by molar-refractivity contribution is 7.92. The highest BCUT2D eigenvalue weighted by Crippen LogP contribution is 2.29. The van der Waals surface area contributed by atoms with Gasteiger partial charge in [0.1, 0.15) is 5.75 Å². The number of carbonyl (C=O) groups excluding carboxylic acids is 1. The van der Waals surface area contributed by atoms with E-state index in [2.05, 4.69) is 10.0 Å². The van der Waals surface area contributed by atoms with Gasteiger partial charge in [0.15, 0.2) is 6.61 Å². The lowest BCUT2D eigenvalue weighted by molar-refractivity contribution is -0.118. The van der Waals surface area contributed by atoms with Gasteiger partial charge in [-0.2, -0.15) is 0 Å². The van der Waals surface area contributed by atoms with E-state index in [-0.39, 0.29) is 22.3 Å². The maximum atomic E-state index is 12.6. The summed E-state index contributed by atoms with van der Waals surface area (Å²) in [5, 5.41) is 3.73. The quantitative estimate of drug-likeness (QED) is 0.432. The SMILES string of the molecule is Cc1ccc(Cl)cc1NC(=O)COc1ccc(S(=O)(=O)Nc2ccc(Cl)cc2)cc1Cl. The molecule has 10 heteroatoms. The zero-order valence-electron chi connectivity index (χ0n) is 16.2. The van der Waals surface area contributed by atoms with E-state index in [9.17, 15) is 13.2 Å². The van der Waals surface area contributed by atoms with E-state index in [1.165, 1.54) is 18.2 Å². The predicted molar refractivity (Wildman–Crippen MR) is 124 cm³/mol. The summed E-state index contributed by atoms with van der Waals surface area (Å²) in [6.07, 6.45) is 0. The lowest BCUT2D eigenvalue weighted by Crippen LogP contribution is -2.20. The maximum Gasteiger partial charge on any atom is 0.262 e. The minimum Gasteiger partial charge on any atom is -0.482 e. The molecule has 0 bridgehead atoms. The summed E-state index contributed by atoms with van der Waals surface area (Å²) >= 11 is 17.9. The Morgan fingerprint density at radius 2 is 1.61 bits per heavy atom. The van der Waals surface area contributed by atoms with Gasteiger partial charge in [-0.15, -0.1) is 0 Å². The summed E-state index contributed by atoms with van der Waals surface area (Å²) in [5.41, 5.74) is 1.77. The normalized spacial score (nSPS) is 11.1. The largest absolute Gasteiger partial charge is 0.482 e. The molecule has 0 aliphatic heterocycles. The van der Waals surface area contributed by atoms with Crippen LogP contribution < -0.4 is 14.8 Å². The van der Waals surface area contributed by atoms with Crippen LogP contribution in [0.3, 0.4) is 0 Å². The van der Waals surface area contributed by atoms with E-state index < -0.39 is 15.9 Å². The van der Waals surface area contributed by atoms with Gasteiger partial charge in [0, 0.05) is 21.4 Å². The number of halogens is 3. The number of ether oxygens (including phenoxy) is 1. The summed E-state index contributed by atoms with van der Waals surface area (Å²) in [6, 6.07) is 15.3. The maximum absolute atomic E-state index is 12.6. The minimum atomic E-state index is -3.87. The van der Waals surface area contributed by atoms with Gasteiger partial charge >= 0.3 is 0 Å². The Bertz CT molecular complexity index is 1220. The monoisotopic (exact) mass is 498 g/mol. The average molecular weight is 500 g/mol. The van der Waals surface area contributed by atoms with Gasteiger partial charge in [-0.05, 0) is 67.1 Å². The van der Waals surface area contributed by atoms with Crippen LogP contribution >= 0.6 is 34.8 Å². The first-order chi connectivity index (χ1) is 14.6. The molecule has 3 aromatic carbocycles. The van der Waals surface area contributed by atoms with Crippen LogP contribution in [0.15, 0.2) is 65.6 Å². The van der Waals surface area contributed by atoms with E-state index in [0.717, 1.165) is 5.56 Å². The van der Waals surface area contributed by atoms with E-state index in [1.807, 2.05) is 6.92 Å². The molecule has 6 nitrogen and oxygen atoms in total. The van der Waals surface area contributed by atoms with Crippen molar-refractivity contribution in [1.29, 1.82) is 0 Å². The van der Waals surface area contributed by atoms with E-state index in [4.69, 9.17) is 39.5 Å². The van der Waals surface area contributed by atoms with Gasteiger partial charge in [-0.1, -0.05) is 40.9 Å². The Morgan fingerprint density at radius 3 is 2.29 bits per heavy atom. The number of hydrogen-bond acceptors (Lipinski definition) is 4. The molecule has 0 radical (unpaired) electrons. The van der Waals surface area contributed by atoms with Gasteiger partial charge in [0.2, 0.25) is 0 Å². The number of aryl methyl sites for hydroxylation is 1. The third-order valence-electron chi connectivity index (χ3n) is 4.14. The second-order valence-electron chi connectivity index (χ2n) is 6.50. The molecule has 0 saturated carbocycles. The van der Waals surface area contributed by atoms with Crippen molar-refractivity contribution in [1.82, 2.24) is 0 Å². The molecule has 3 rings (SSSR count). The summed E-state index contributed by atoms with van der Waals surface area (Å²) in [6.45, 7) is 1.52. The van der Waals surface area contributed by atoms with Gasteiger partial charge in [-0.3, -0.25) is 9.52 Å². The molecular formula is C21H17Cl3N2O4S. The van der Waals surface area contributed by atoms with Crippen LogP contribution in [0.4, 0.5) is 11.4 Å². The van der Waals surface area contributed by atoms with Crippen molar-refractivity contribution in [3.8, 4) is 5.75 Å². The second-order valence-corrected chi connectivity index (χ2v) is 9.46. The van der Waals surface area contributed by atoms with Gasteiger partial charge in [0.05, 0.1) is 9.92 Å². The summed E-state index contributed by atoms with van der Waals surface area (Å²) in [5.74, 6) is -0.243. The fraction of sp³-hybridized carbons (Fsp3) is 0.0952. The molecule has 1 amide bonds. The number of sulfonamides is 1. The number of nitrogens with one attached hydrogen (secondary N) is 2. The Balaban J connectivity index is 1.65. The molecule has 3 aromatic rings. The molecule has 162 valence electrons. The molecule has 0 heterocycles. The molecule has 0 aromatic heterocycles. The van der Waals surface area contributed by atoms with E-state index in [0.29, 0.717) is 21.4 Å².